The van der Waals surface area contributed by atoms with Crippen LogP contribution in [0.1, 0.15) is 54.9 Å². The van der Waals surface area contributed by atoms with E-state index in [1.165, 1.54) is 0 Å². The van der Waals surface area contributed by atoms with Gasteiger partial charge in [0.05, 0.1) is 16.8 Å². The van der Waals surface area contributed by atoms with Crippen molar-refractivity contribution in [2.75, 3.05) is 0 Å². The molecule has 1 saturated heterocycles. The molecule has 1 unspecified atom stereocenters. The fraction of sp³-hybridized carbons (Fsp3) is 0.800. The maximum absolute atomic E-state index is 11.5. The molecule has 1 fully saturated rings. The molecule has 0 spiro atoms. The molecule has 2 aliphatic heterocycles. The number of carbonyl (C=O) groups is 1. The van der Waals surface area contributed by atoms with Crippen LogP contribution in [-0.2, 0) is 18.8 Å². The zero-order valence-electron chi connectivity index (χ0n) is 13.9. The van der Waals surface area contributed by atoms with Crippen LogP contribution in [0.25, 0.3) is 0 Å². The molecule has 5 nitrogen and oxygen atoms in total. The van der Waals surface area contributed by atoms with Crippen molar-refractivity contribution in [1.29, 1.82) is 0 Å². The SMILES string of the molecule is CC1(C)CC(B2OC(C)(C)C(C)(C)O2)=CC(C)(C(=O)O)O1. The quantitative estimate of drug-likeness (QED) is 0.793. The fourth-order valence-corrected chi connectivity index (χ4v) is 2.79. The van der Waals surface area contributed by atoms with Crippen LogP contribution in [-0.4, -0.2) is 40.6 Å². The number of rotatable bonds is 2. The molecule has 0 aromatic rings. The third kappa shape index (κ3) is 2.89. The maximum atomic E-state index is 11.5. The van der Waals surface area contributed by atoms with E-state index in [2.05, 4.69) is 0 Å². The zero-order chi connectivity index (χ0) is 16.3. The molecule has 118 valence electrons. The molecule has 0 aromatic heterocycles. The van der Waals surface area contributed by atoms with Crippen molar-refractivity contribution in [1.82, 2.24) is 0 Å². The fourth-order valence-electron chi connectivity index (χ4n) is 2.79. The smallest absolute Gasteiger partial charge is 0.479 e. The Balaban J connectivity index is 2.36. The van der Waals surface area contributed by atoms with Gasteiger partial charge < -0.3 is 19.2 Å². The lowest BCUT2D eigenvalue weighted by Crippen LogP contribution is -2.49. The molecule has 0 saturated carbocycles. The lowest BCUT2D eigenvalue weighted by Gasteiger charge is -2.39. The van der Waals surface area contributed by atoms with Gasteiger partial charge in [0.2, 0.25) is 0 Å². The Morgan fingerprint density at radius 1 is 1.10 bits per heavy atom. The second kappa shape index (κ2) is 4.57. The van der Waals surface area contributed by atoms with Gasteiger partial charge in [-0.25, -0.2) is 4.79 Å². The highest BCUT2D eigenvalue weighted by Gasteiger charge is 2.55. The Morgan fingerprint density at radius 3 is 2.00 bits per heavy atom. The Bertz CT molecular complexity index is 478. The Hall–Kier alpha value is -0.845. The molecule has 21 heavy (non-hydrogen) atoms. The normalized spacial score (nSPS) is 33.7. The first-order valence-electron chi connectivity index (χ1n) is 7.29. The van der Waals surface area contributed by atoms with Crippen molar-refractivity contribution in [2.45, 2.75) is 77.3 Å². The van der Waals surface area contributed by atoms with Gasteiger partial charge in [-0.1, -0.05) is 0 Å². The standard InChI is InChI=1S/C15H25BO5/c1-12(2)8-10(9-15(7,19-12)11(17)18)16-20-13(3,4)14(5,6)21-16/h9H,8H2,1-7H3,(H,17,18). The number of ether oxygens (including phenoxy) is 1. The summed E-state index contributed by atoms with van der Waals surface area (Å²) in [5.41, 5.74) is -2.00. The van der Waals surface area contributed by atoms with Crippen molar-refractivity contribution in [3.05, 3.63) is 11.5 Å². The van der Waals surface area contributed by atoms with Crippen LogP contribution in [0, 0.1) is 0 Å². The average Bonchev–Trinajstić information content (AvgIpc) is 2.45. The summed E-state index contributed by atoms with van der Waals surface area (Å²) in [5, 5.41) is 9.44. The van der Waals surface area contributed by atoms with Crippen molar-refractivity contribution >= 4 is 13.1 Å². The molecule has 0 radical (unpaired) electrons. The molecule has 1 atom stereocenters. The van der Waals surface area contributed by atoms with Crippen LogP contribution >= 0.6 is 0 Å². The van der Waals surface area contributed by atoms with Gasteiger partial charge in [-0.05, 0) is 66.4 Å². The predicted octanol–water partition coefficient (Wildman–Crippen LogP) is 2.59. The van der Waals surface area contributed by atoms with Gasteiger partial charge in [-0.2, -0.15) is 0 Å². The number of hydrogen-bond donors (Lipinski definition) is 1. The zero-order valence-corrected chi connectivity index (χ0v) is 13.9. The predicted molar refractivity (Wildman–Crippen MR) is 80.0 cm³/mol. The number of aliphatic carboxylic acids is 1. The molecule has 2 heterocycles. The van der Waals surface area contributed by atoms with Gasteiger partial charge in [0, 0.05) is 0 Å². The van der Waals surface area contributed by atoms with E-state index in [0.717, 1.165) is 5.47 Å². The van der Waals surface area contributed by atoms with Crippen molar-refractivity contribution in [3.8, 4) is 0 Å². The molecule has 6 heteroatoms. The molecule has 0 bridgehead atoms. The van der Waals surface area contributed by atoms with Crippen LogP contribution in [0.5, 0.6) is 0 Å². The summed E-state index contributed by atoms with van der Waals surface area (Å²) < 4.78 is 17.8. The molecule has 0 aromatic carbocycles. The first-order valence-corrected chi connectivity index (χ1v) is 7.29. The third-order valence-electron chi connectivity index (χ3n) is 4.56. The van der Waals surface area contributed by atoms with Crippen molar-refractivity contribution in [2.24, 2.45) is 0 Å². The van der Waals surface area contributed by atoms with Crippen LogP contribution in [0.4, 0.5) is 0 Å². The highest BCUT2D eigenvalue weighted by Crippen LogP contribution is 2.43. The van der Waals surface area contributed by atoms with E-state index in [9.17, 15) is 9.90 Å². The van der Waals surface area contributed by atoms with Crippen LogP contribution < -0.4 is 0 Å². The van der Waals surface area contributed by atoms with Gasteiger partial charge in [0.15, 0.2) is 5.60 Å². The lowest BCUT2D eigenvalue weighted by molar-refractivity contribution is -0.175. The monoisotopic (exact) mass is 296 g/mol. The van der Waals surface area contributed by atoms with E-state index in [-0.39, 0.29) is 0 Å². The van der Waals surface area contributed by atoms with E-state index in [1.807, 2.05) is 41.5 Å². The summed E-state index contributed by atoms with van der Waals surface area (Å²) in [6.07, 6.45) is 2.20. The summed E-state index contributed by atoms with van der Waals surface area (Å²) in [4.78, 5) is 11.5. The van der Waals surface area contributed by atoms with Gasteiger partial charge in [0.25, 0.3) is 0 Å². The molecule has 1 N–H and O–H groups in total. The second-order valence-corrected chi connectivity index (χ2v) is 7.76. The molecular weight excluding hydrogens is 271 g/mol. The molecule has 0 amide bonds. The highest BCUT2D eigenvalue weighted by atomic mass is 16.7. The first kappa shape index (κ1) is 16.5. The van der Waals surface area contributed by atoms with E-state index in [0.29, 0.717) is 6.42 Å². The largest absolute Gasteiger partial charge is 0.490 e. The number of carboxylic acid groups (broad SMARTS) is 1. The van der Waals surface area contributed by atoms with Crippen molar-refractivity contribution < 1.29 is 23.9 Å². The van der Waals surface area contributed by atoms with Crippen LogP contribution in [0.2, 0.25) is 0 Å². The molecule has 2 rings (SSSR count). The summed E-state index contributed by atoms with van der Waals surface area (Å²) >= 11 is 0. The van der Waals surface area contributed by atoms with Gasteiger partial charge in [-0.15, -0.1) is 0 Å². The summed E-state index contributed by atoms with van der Waals surface area (Å²) in [6.45, 7) is 13.2. The second-order valence-electron chi connectivity index (χ2n) is 7.76. The molecular formula is C15H25BO5. The minimum Gasteiger partial charge on any atom is -0.479 e. The molecule has 0 aliphatic carbocycles. The number of hydrogen-bond acceptors (Lipinski definition) is 4. The van der Waals surface area contributed by atoms with Crippen LogP contribution in [0.3, 0.4) is 0 Å². The van der Waals surface area contributed by atoms with Crippen molar-refractivity contribution in [3.63, 3.8) is 0 Å². The summed E-state index contributed by atoms with van der Waals surface area (Å²) in [6, 6.07) is 0. The van der Waals surface area contributed by atoms with Crippen LogP contribution in [0.15, 0.2) is 11.5 Å². The van der Waals surface area contributed by atoms with E-state index >= 15 is 0 Å². The minimum atomic E-state index is -1.36. The number of carboxylic acids is 1. The van der Waals surface area contributed by atoms with Gasteiger partial charge >= 0.3 is 13.1 Å². The van der Waals surface area contributed by atoms with E-state index in [4.69, 9.17) is 14.0 Å². The maximum Gasteiger partial charge on any atom is 0.490 e. The molecule has 2 aliphatic rings. The highest BCUT2D eigenvalue weighted by molar-refractivity contribution is 6.54. The Labute approximate surface area is 126 Å². The van der Waals surface area contributed by atoms with Gasteiger partial charge in [-0.3, -0.25) is 0 Å². The van der Waals surface area contributed by atoms with E-state index < -0.39 is 35.5 Å². The Morgan fingerprint density at radius 2 is 1.57 bits per heavy atom. The van der Waals surface area contributed by atoms with Gasteiger partial charge in [0.1, 0.15) is 0 Å². The average molecular weight is 296 g/mol. The Kier molecular flexibility index (Phi) is 3.60. The lowest BCUT2D eigenvalue weighted by atomic mass is 9.69. The minimum absolute atomic E-state index is 0.444. The summed E-state index contributed by atoms with van der Waals surface area (Å²) in [5.74, 6) is -1.01. The third-order valence-corrected chi connectivity index (χ3v) is 4.56. The van der Waals surface area contributed by atoms with E-state index in [1.54, 1.807) is 13.0 Å². The summed E-state index contributed by atoms with van der Waals surface area (Å²) in [7, 11) is -0.531. The topological polar surface area (TPSA) is 65.0 Å². The first-order chi connectivity index (χ1) is 9.28.